The van der Waals surface area contributed by atoms with Gasteiger partial charge in [-0.3, -0.25) is 0 Å². The molecule has 1 aromatic rings. The number of unbranched alkanes of at least 4 members (excludes halogenated alkanes) is 2. The summed E-state index contributed by atoms with van der Waals surface area (Å²) in [5, 5.41) is 0.842. The van der Waals surface area contributed by atoms with Crippen LogP contribution in [0.15, 0.2) is 24.3 Å². The first-order chi connectivity index (χ1) is 7.34. The van der Waals surface area contributed by atoms with Crippen molar-refractivity contribution in [2.24, 2.45) is 0 Å². The van der Waals surface area contributed by atoms with Crippen LogP contribution >= 0.6 is 11.6 Å². The van der Waals surface area contributed by atoms with Crippen molar-refractivity contribution in [1.82, 2.24) is 0 Å². The van der Waals surface area contributed by atoms with Gasteiger partial charge in [0.25, 0.3) is 0 Å². The van der Waals surface area contributed by atoms with Gasteiger partial charge in [0.2, 0.25) is 0 Å². The van der Waals surface area contributed by atoms with Crippen LogP contribution in [-0.2, 0) is 11.2 Å². The van der Waals surface area contributed by atoms with Crippen LogP contribution in [0.3, 0.4) is 0 Å². The maximum absolute atomic E-state index is 6.03. The van der Waals surface area contributed by atoms with Gasteiger partial charge in [0.15, 0.2) is 0 Å². The van der Waals surface area contributed by atoms with Crippen molar-refractivity contribution in [3.8, 4) is 0 Å². The van der Waals surface area contributed by atoms with Crippen LogP contribution in [0.5, 0.6) is 0 Å². The Balaban J connectivity index is 2.12. The van der Waals surface area contributed by atoms with E-state index in [0.29, 0.717) is 0 Å². The minimum Gasteiger partial charge on any atom is -0.381 e. The number of halogens is 1. The molecule has 0 saturated carbocycles. The van der Waals surface area contributed by atoms with Gasteiger partial charge in [-0.15, -0.1) is 0 Å². The van der Waals surface area contributed by atoms with E-state index in [1.165, 1.54) is 24.8 Å². The predicted octanol–water partition coefficient (Wildman–Crippen LogP) is 4.09. The molecule has 84 valence electrons. The molecule has 0 heterocycles. The van der Waals surface area contributed by atoms with Gasteiger partial charge < -0.3 is 4.74 Å². The van der Waals surface area contributed by atoms with Crippen LogP contribution in [-0.4, -0.2) is 13.2 Å². The smallest absolute Gasteiger partial charge is 0.0506 e. The van der Waals surface area contributed by atoms with Crippen LogP contribution in [0.4, 0.5) is 0 Å². The fraction of sp³-hybridized carbons (Fsp3) is 0.538. The van der Waals surface area contributed by atoms with Gasteiger partial charge in [-0.05, 0) is 24.5 Å². The molecule has 0 aliphatic carbocycles. The summed E-state index contributed by atoms with van der Waals surface area (Å²) in [5.74, 6) is 0. The minimum atomic E-state index is 0.771. The standard InChI is InChI=1S/C13H19ClO/c1-2-3-6-10-15-11-9-12-7-4-5-8-13(12)14/h4-5,7-8H,2-3,6,9-11H2,1H3. The zero-order valence-electron chi connectivity index (χ0n) is 9.34. The molecule has 0 aliphatic heterocycles. The fourth-order valence-corrected chi connectivity index (χ4v) is 1.67. The second-order valence-electron chi connectivity index (χ2n) is 3.66. The van der Waals surface area contributed by atoms with Crippen molar-refractivity contribution in [2.45, 2.75) is 32.6 Å². The Labute approximate surface area is 97.4 Å². The predicted molar refractivity (Wildman–Crippen MR) is 65.5 cm³/mol. The Morgan fingerprint density at radius 2 is 1.93 bits per heavy atom. The van der Waals surface area contributed by atoms with Gasteiger partial charge in [0.1, 0.15) is 0 Å². The van der Waals surface area contributed by atoms with E-state index in [1.54, 1.807) is 0 Å². The number of rotatable bonds is 7. The molecule has 0 spiro atoms. The molecule has 0 amide bonds. The maximum atomic E-state index is 6.03. The van der Waals surface area contributed by atoms with Gasteiger partial charge in [0, 0.05) is 11.6 Å². The number of hydrogen-bond acceptors (Lipinski definition) is 1. The van der Waals surface area contributed by atoms with Gasteiger partial charge >= 0.3 is 0 Å². The highest BCUT2D eigenvalue weighted by Gasteiger charge is 1.98. The van der Waals surface area contributed by atoms with E-state index >= 15 is 0 Å². The summed E-state index contributed by atoms with van der Waals surface area (Å²) in [6.07, 6.45) is 4.57. The first-order valence-corrected chi connectivity index (χ1v) is 6.03. The van der Waals surface area contributed by atoms with Crippen LogP contribution in [0.1, 0.15) is 31.7 Å². The summed E-state index contributed by atoms with van der Waals surface area (Å²) >= 11 is 6.03. The third-order valence-corrected chi connectivity index (χ3v) is 2.73. The Morgan fingerprint density at radius 3 is 2.67 bits per heavy atom. The second-order valence-corrected chi connectivity index (χ2v) is 4.07. The molecule has 0 unspecified atom stereocenters. The molecular formula is C13H19ClO. The molecule has 0 radical (unpaired) electrons. The lowest BCUT2D eigenvalue weighted by atomic mass is 10.2. The number of ether oxygens (including phenoxy) is 1. The normalized spacial score (nSPS) is 10.5. The Morgan fingerprint density at radius 1 is 1.13 bits per heavy atom. The molecular weight excluding hydrogens is 208 g/mol. The van der Waals surface area contributed by atoms with E-state index in [0.717, 1.165) is 24.7 Å². The number of hydrogen-bond donors (Lipinski definition) is 0. The van der Waals surface area contributed by atoms with Crippen LogP contribution in [0.2, 0.25) is 5.02 Å². The zero-order chi connectivity index (χ0) is 10.9. The second kappa shape index (κ2) is 7.72. The van der Waals surface area contributed by atoms with Crippen LogP contribution in [0.25, 0.3) is 0 Å². The SMILES string of the molecule is CCCCCOCCc1ccccc1Cl. The summed E-state index contributed by atoms with van der Waals surface area (Å²) < 4.78 is 5.54. The van der Waals surface area contributed by atoms with E-state index in [-0.39, 0.29) is 0 Å². The number of benzene rings is 1. The van der Waals surface area contributed by atoms with E-state index in [2.05, 4.69) is 13.0 Å². The summed E-state index contributed by atoms with van der Waals surface area (Å²) in [6.45, 7) is 3.84. The highest BCUT2D eigenvalue weighted by Crippen LogP contribution is 2.15. The first kappa shape index (κ1) is 12.5. The van der Waals surface area contributed by atoms with Gasteiger partial charge in [0.05, 0.1) is 6.61 Å². The van der Waals surface area contributed by atoms with E-state index in [4.69, 9.17) is 16.3 Å². The summed E-state index contributed by atoms with van der Waals surface area (Å²) in [5.41, 5.74) is 1.18. The molecule has 0 atom stereocenters. The summed E-state index contributed by atoms with van der Waals surface area (Å²) in [7, 11) is 0. The van der Waals surface area contributed by atoms with Crippen molar-refractivity contribution in [2.75, 3.05) is 13.2 Å². The lowest BCUT2D eigenvalue weighted by Crippen LogP contribution is -2.00. The topological polar surface area (TPSA) is 9.23 Å². The zero-order valence-corrected chi connectivity index (χ0v) is 10.1. The average Bonchev–Trinajstić information content (AvgIpc) is 2.25. The average molecular weight is 227 g/mol. The molecule has 0 N–H and O–H groups in total. The fourth-order valence-electron chi connectivity index (χ4n) is 1.44. The quantitative estimate of drug-likeness (QED) is 0.637. The third-order valence-electron chi connectivity index (χ3n) is 2.37. The Kier molecular flexibility index (Phi) is 6.45. The highest BCUT2D eigenvalue weighted by molar-refractivity contribution is 6.31. The van der Waals surface area contributed by atoms with Gasteiger partial charge in [-0.25, -0.2) is 0 Å². The van der Waals surface area contributed by atoms with Crippen LogP contribution < -0.4 is 0 Å². The van der Waals surface area contributed by atoms with E-state index in [9.17, 15) is 0 Å². The Hall–Kier alpha value is -0.530. The van der Waals surface area contributed by atoms with Crippen LogP contribution in [0, 0.1) is 0 Å². The molecule has 1 rings (SSSR count). The van der Waals surface area contributed by atoms with Crippen molar-refractivity contribution in [1.29, 1.82) is 0 Å². The Bertz CT molecular complexity index is 273. The summed E-state index contributed by atoms with van der Waals surface area (Å²) in [6, 6.07) is 7.94. The van der Waals surface area contributed by atoms with Crippen molar-refractivity contribution >= 4 is 11.6 Å². The lowest BCUT2D eigenvalue weighted by Gasteiger charge is -2.05. The molecule has 0 bridgehead atoms. The van der Waals surface area contributed by atoms with Gasteiger partial charge in [-0.2, -0.15) is 0 Å². The van der Waals surface area contributed by atoms with Crippen molar-refractivity contribution in [3.63, 3.8) is 0 Å². The monoisotopic (exact) mass is 226 g/mol. The largest absolute Gasteiger partial charge is 0.381 e. The van der Waals surface area contributed by atoms with E-state index < -0.39 is 0 Å². The first-order valence-electron chi connectivity index (χ1n) is 5.65. The molecule has 0 aromatic heterocycles. The van der Waals surface area contributed by atoms with E-state index in [1.807, 2.05) is 18.2 Å². The molecule has 0 aliphatic rings. The molecule has 0 saturated heterocycles. The minimum absolute atomic E-state index is 0.771. The van der Waals surface area contributed by atoms with Crippen molar-refractivity contribution < 1.29 is 4.74 Å². The molecule has 0 fully saturated rings. The maximum Gasteiger partial charge on any atom is 0.0506 e. The van der Waals surface area contributed by atoms with Crippen molar-refractivity contribution in [3.05, 3.63) is 34.9 Å². The lowest BCUT2D eigenvalue weighted by molar-refractivity contribution is 0.133. The third kappa shape index (κ3) is 5.19. The molecule has 1 aromatic carbocycles. The molecule has 1 nitrogen and oxygen atoms in total. The summed E-state index contributed by atoms with van der Waals surface area (Å²) in [4.78, 5) is 0. The molecule has 2 heteroatoms. The molecule has 15 heavy (non-hydrogen) atoms. The highest BCUT2D eigenvalue weighted by atomic mass is 35.5. The van der Waals surface area contributed by atoms with Gasteiger partial charge in [-0.1, -0.05) is 49.6 Å².